The van der Waals surface area contributed by atoms with Crippen LogP contribution in [0, 0.1) is 6.92 Å². The molecule has 1 heterocycles. The van der Waals surface area contributed by atoms with E-state index in [0.29, 0.717) is 16.9 Å². The zero-order valence-electron chi connectivity index (χ0n) is 12.2. The number of rotatable bonds is 4. The van der Waals surface area contributed by atoms with E-state index in [4.69, 9.17) is 11.6 Å². The number of aryl methyl sites for hydroxylation is 1. The van der Waals surface area contributed by atoms with Gasteiger partial charge in [-0.1, -0.05) is 17.7 Å². The summed E-state index contributed by atoms with van der Waals surface area (Å²) in [5.74, 6) is 0.519. The van der Waals surface area contributed by atoms with Crippen molar-refractivity contribution < 1.29 is 4.79 Å². The van der Waals surface area contributed by atoms with Crippen molar-refractivity contribution in [2.24, 2.45) is 0 Å². The number of aromatic nitrogens is 1. The molecule has 6 heteroatoms. The van der Waals surface area contributed by atoms with Crippen LogP contribution in [-0.4, -0.2) is 17.1 Å². The van der Waals surface area contributed by atoms with Gasteiger partial charge in [0.1, 0.15) is 5.82 Å². The number of amides is 2. The van der Waals surface area contributed by atoms with Gasteiger partial charge >= 0.3 is 6.03 Å². The van der Waals surface area contributed by atoms with Crippen LogP contribution < -0.4 is 16.0 Å². The Balaban J connectivity index is 1.60. The summed E-state index contributed by atoms with van der Waals surface area (Å²) in [7, 11) is 0. The fourth-order valence-electron chi connectivity index (χ4n) is 1.94. The number of anilines is 3. The highest BCUT2D eigenvalue weighted by atomic mass is 35.5. The molecule has 0 spiro atoms. The summed E-state index contributed by atoms with van der Waals surface area (Å²) in [6.07, 6.45) is 3.78. The first-order chi connectivity index (χ1) is 10.6. The van der Waals surface area contributed by atoms with Crippen molar-refractivity contribution in [1.29, 1.82) is 0 Å². The summed E-state index contributed by atoms with van der Waals surface area (Å²) >= 11 is 6.10. The van der Waals surface area contributed by atoms with Crippen molar-refractivity contribution in [1.82, 2.24) is 10.3 Å². The Kier molecular flexibility index (Phi) is 4.15. The second kappa shape index (κ2) is 6.23. The van der Waals surface area contributed by atoms with Crippen LogP contribution in [0.5, 0.6) is 0 Å². The predicted molar refractivity (Wildman–Crippen MR) is 88.9 cm³/mol. The van der Waals surface area contributed by atoms with Gasteiger partial charge in [-0.05, 0) is 49.6 Å². The SMILES string of the molecule is Cc1ccc(Nc2ccc(NC(=O)NC3CC3)nc2)cc1Cl. The fraction of sp³-hybridized carbons (Fsp3) is 0.250. The van der Waals surface area contributed by atoms with E-state index in [2.05, 4.69) is 20.9 Å². The number of carbonyl (C=O) groups is 1. The molecule has 2 amide bonds. The Morgan fingerprint density at radius 2 is 2.00 bits per heavy atom. The summed E-state index contributed by atoms with van der Waals surface area (Å²) in [5.41, 5.74) is 2.75. The molecule has 3 rings (SSSR count). The molecule has 0 radical (unpaired) electrons. The molecule has 5 nitrogen and oxygen atoms in total. The lowest BCUT2D eigenvalue weighted by molar-refractivity contribution is 0.251. The second-order valence-corrected chi connectivity index (χ2v) is 5.80. The van der Waals surface area contributed by atoms with Gasteiger partial charge < -0.3 is 10.6 Å². The van der Waals surface area contributed by atoms with Crippen LogP contribution in [0.2, 0.25) is 5.02 Å². The maximum Gasteiger partial charge on any atom is 0.320 e. The smallest absolute Gasteiger partial charge is 0.320 e. The number of urea groups is 1. The minimum absolute atomic E-state index is 0.207. The lowest BCUT2D eigenvalue weighted by Gasteiger charge is -2.09. The van der Waals surface area contributed by atoms with Crippen molar-refractivity contribution in [3.8, 4) is 0 Å². The maximum absolute atomic E-state index is 11.6. The molecular weight excluding hydrogens is 300 g/mol. The van der Waals surface area contributed by atoms with Crippen LogP contribution in [0.15, 0.2) is 36.5 Å². The van der Waals surface area contributed by atoms with Crippen molar-refractivity contribution in [3.63, 3.8) is 0 Å². The molecule has 1 aromatic carbocycles. The molecule has 2 aromatic rings. The van der Waals surface area contributed by atoms with Gasteiger partial charge in [-0.3, -0.25) is 5.32 Å². The summed E-state index contributed by atoms with van der Waals surface area (Å²) in [4.78, 5) is 15.8. The van der Waals surface area contributed by atoms with E-state index in [1.807, 2.05) is 31.2 Å². The van der Waals surface area contributed by atoms with E-state index in [0.717, 1.165) is 29.8 Å². The Morgan fingerprint density at radius 3 is 2.64 bits per heavy atom. The number of pyridine rings is 1. The van der Waals surface area contributed by atoms with Crippen molar-refractivity contribution in [2.45, 2.75) is 25.8 Å². The minimum Gasteiger partial charge on any atom is -0.354 e. The second-order valence-electron chi connectivity index (χ2n) is 5.39. The van der Waals surface area contributed by atoms with Crippen LogP contribution in [0.1, 0.15) is 18.4 Å². The first-order valence-corrected chi connectivity index (χ1v) is 7.55. The van der Waals surface area contributed by atoms with Gasteiger partial charge in [-0.2, -0.15) is 0 Å². The van der Waals surface area contributed by atoms with Gasteiger partial charge in [-0.25, -0.2) is 9.78 Å². The molecule has 22 heavy (non-hydrogen) atoms. The predicted octanol–water partition coefficient (Wildman–Crippen LogP) is 4.07. The molecule has 1 aliphatic carbocycles. The molecule has 0 unspecified atom stereocenters. The molecule has 0 saturated heterocycles. The number of hydrogen-bond acceptors (Lipinski definition) is 3. The van der Waals surface area contributed by atoms with E-state index in [9.17, 15) is 4.79 Å². The monoisotopic (exact) mass is 316 g/mol. The first kappa shape index (κ1) is 14.7. The lowest BCUT2D eigenvalue weighted by atomic mass is 10.2. The number of nitrogens with one attached hydrogen (secondary N) is 3. The van der Waals surface area contributed by atoms with E-state index in [1.165, 1.54) is 0 Å². The largest absolute Gasteiger partial charge is 0.354 e. The highest BCUT2D eigenvalue weighted by Gasteiger charge is 2.23. The molecule has 0 bridgehead atoms. The average Bonchev–Trinajstić information content (AvgIpc) is 3.29. The summed E-state index contributed by atoms with van der Waals surface area (Å²) < 4.78 is 0. The van der Waals surface area contributed by atoms with Gasteiger partial charge in [0, 0.05) is 16.8 Å². The third-order valence-electron chi connectivity index (χ3n) is 3.38. The number of halogens is 1. The highest BCUT2D eigenvalue weighted by Crippen LogP contribution is 2.23. The first-order valence-electron chi connectivity index (χ1n) is 7.17. The van der Waals surface area contributed by atoms with Crippen LogP contribution >= 0.6 is 11.6 Å². The van der Waals surface area contributed by atoms with Crippen LogP contribution in [0.4, 0.5) is 22.0 Å². The van der Waals surface area contributed by atoms with Crippen LogP contribution in [-0.2, 0) is 0 Å². The van der Waals surface area contributed by atoms with Crippen molar-refractivity contribution in [2.75, 3.05) is 10.6 Å². The zero-order valence-corrected chi connectivity index (χ0v) is 12.9. The van der Waals surface area contributed by atoms with Crippen molar-refractivity contribution >= 4 is 34.8 Å². The van der Waals surface area contributed by atoms with E-state index in [1.54, 1.807) is 12.3 Å². The molecule has 0 aliphatic heterocycles. The molecule has 3 N–H and O–H groups in total. The standard InChI is InChI=1S/C16H17ClN4O/c1-10-2-3-12(8-14(10)17)19-13-6-7-15(18-9-13)21-16(22)20-11-4-5-11/h2-3,6-9,11,19H,4-5H2,1H3,(H2,18,20,21,22). The molecule has 0 atom stereocenters. The molecular formula is C16H17ClN4O. The summed E-state index contributed by atoms with van der Waals surface area (Å²) in [5, 5.41) is 9.49. The summed E-state index contributed by atoms with van der Waals surface area (Å²) in [6.45, 7) is 1.96. The Bertz CT molecular complexity index is 683. The number of nitrogens with zero attached hydrogens (tertiary/aromatic N) is 1. The van der Waals surface area contributed by atoms with Gasteiger partial charge in [0.25, 0.3) is 0 Å². The van der Waals surface area contributed by atoms with E-state index in [-0.39, 0.29) is 6.03 Å². The molecule has 1 saturated carbocycles. The minimum atomic E-state index is -0.207. The molecule has 1 aromatic heterocycles. The topological polar surface area (TPSA) is 66.0 Å². The van der Waals surface area contributed by atoms with Crippen molar-refractivity contribution in [3.05, 3.63) is 47.1 Å². The van der Waals surface area contributed by atoms with E-state index < -0.39 is 0 Å². The lowest BCUT2D eigenvalue weighted by Crippen LogP contribution is -2.30. The van der Waals surface area contributed by atoms with E-state index >= 15 is 0 Å². The van der Waals surface area contributed by atoms with Crippen LogP contribution in [0.3, 0.4) is 0 Å². The van der Waals surface area contributed by atoms with Gasteiger partial charge in [0.05, 0.1) is 11.9 Å². The zero-order chi connectivity index (χ0) is 15.5. The molecule has 1 aliphatic rings. The van der Waals surface area contributed by atoms with Crippen LogP contribution in [0.25, 0.3) is 0 Å². The maximum atomic E-state index is 11.6. The summed E-state index contributed by atoms with van der Waals surface area (Å²) in [6, 6.07) is 9.50. The fourth-order valence-corrected chi connectivity index (χ4v) is 2.13. The highest BCUT2D eigenvalue weighted by molar-refractivity contribution is 6.31. The van der Waals surface area contributed by atoms with Gasteiger partial charge in [0.15, 0.2) is 0 Å². The Labute approximate surface area is 134 Å². The number of benzene rings is 1. The normalized spacial score (nSPS) is 13.5. The number of hydrogen-bond donors (Lipinski definition) is 3. The average molecular weight is 317 g/mol. The molecule has 1 fully saturated rings. The Hall–Kier alpha value is -2.27. The number of carbonyl (C=O) groups excluding carboxylic acids is 1. The Morgan fingerprint density at radius 1 is 1.23 bits per heavy atom. The molecule has 114 valence electrons. The third-order valence-corrected chi connectivity index (χ3v) is 3.79. The third kappa shape index (κ3) is 3.89. The van der Waals surface area contributed by atoms with Gasteiger partial charge in [-0.15, -0.1) is 0 Å². The van der Waals surface area contributed by atoms with Gasteiger partial charge in [0.2, 0.25) is 0 Å². The quantitative estimate of drug-likeness (QED) is 0.796.